The Bertz CT molecular complexity index is 514. The first kappa shape index (κ1) is 12.5. The maximum Gasteiger partial charge on any atom is 0.231 e. The SMILES string of the molecule is O[C@]12CCCC[C@H]1[C@H](c1ccc3c(c1)OCO3)[NH2+]CC2. The van der Waals surface area contributed by atoms with E-state index in [1.165, 1.54) is 18.4 Å². The van der Waals surface area contributed by atoms with Crippen LogP contribution >= 0.6 is 0 Å². The van der Waals surface area contributed by atoms with Crippen LogP contribution in [0.1, 0.15) is 43.7 Å². The number of ether oxygens (including phenoxy) is 2. The zero-order chi connectivity index (χ0) is 13.6. The summed E-state index contributed by atoms with van der Waals surface area (Å²) in [4.78, 5) is 0. The molecular formula is C16H22NO3+. The molecule has 20 heavy (non-hydrogen) atoms. The second-order valence-electron chi connectivity index (χ2n) is 6.37. The molecule has 2 aliphatic heterocycles. The lowest BCUT2D eigenvalue weighted by atomic mass is 9.67. The van der Waals surface area contributed by atoms with Crippen molar-refractivity contribution in [2.45, 2.75) is 43.7 Å². The standard InChI is InChI=1S/C16H21NO3/c18-16-6-2-1-3-12(16)15(17-8-7-16)11-4-5-13-14(9-11)20-10-19-13/h4-5,9,12,15,17-18H,1-3,6-8,10H2/p+1/t12-,15-,16-/m0/s1. The van der Waals surface area contributed by atoms with Gasteiger partial charge < -0.3 is 19.9 Å². The Morgan fingerprint density at radius 1 is 1.15 bits per heavy atom. The third-order valence-corrected chi connectivity index (χ3v) is 5.28. The maximum atomic E-state index is 10.9. The predicted octanol–water partition coefficient (Wildman–Crippen LogP) is 1.34. The molecular weight excluding hydrogens is 254 g/mol. The number of quaternary nitrogens is 1. The van der Waals surface area contributed by atoms with E-state index in [-0.39, 0.29) is 0 Å². The number of hydrogen-bond acceptors (Lipinski definition) is 3. The fourth-order valence-electron chi connectivity index (χ4n) is 4.24. The highest BCUT2D eigenvalue weighted by Crippen LogP contribution is 2.44. The Kier molecular flexibility index (Phi) is 2.89. The van der Waals surface area contributed by atoms with E-state index in [0.29, 0.717) is 18.8 Å². The van der Waals surface area contributed by atoms with Crippen molar-refractivity contribution < 1.29 is 19.9 Å². The van der Waals surface area contributed by atoms with Crippen molar-refractivity contribution >= 4 is 0 Å². The predicted molar refractivity (Wildman–Crippen MR) is 73.6 cm³/mol. The molecule has 108 valence electrons. The fourth-order valence-corrected chi connectivity index (χ4v) is 4.24. The van der Waals surface area contributed by atoms with Crippen LogP contribution in [0.5, 0.6) is 11.5 Å². The van der Waals surface area contributed by atoms with Crippen LogP contribution in [0.15, 0.2) is 18.2 Å². The molecule has 1 aliphatic carbocycles. The van der Waals surface area contributed by atoms with Crippen LogP contribution in [0.3, 0.4) is 0 Å². The Labute approximate surface area is 119 Å². The van der Waals surface area contributed by atoms with Gasteiger partial charge in [-0.25, -0.2) is 0 Å². The molecule has 0 unspecified atom stereocenters. The van der Waals surface area contributed by atoms with Gasteiger partial charge in [0.1, 0.15) is 6.04 Å². The van der Waals surface area contributed by atoms with Gasteiger partial charge in [-0.1, -0.05) is 12.8 Å². The normalized spacial score (nSPS) is 35.6. The summed E-state index contributed by atoms with van der Waals surface area (Å²) in [6.45, 7) is 1.33. The van der Waals surface area contributed by atoms with Gasteiger partial charge in [-0.2, -0.15) is 0 Å². The molecule has 0 spiro atoms. The van der Waals surface area contributed by atoms with Gasteiger partial charge in [0, 0.05) is 17.9 Å². The molecule has 4 nitrogen and oxygen atoms in total. The van der Waals surface area contributed by atoms with Crippen LogP contribution in [0.2, 0.25) is 0 Å². The Hall–Kier alpha value is -1.26. The molecule has 3 N–H and O–H groups in total. The smallest absolute Gasteiger partial charge is 0.231 e. The summed E-state index contributed by atoms with van der Waals surface area (Å²) in [5.74, 6) is 2.05. The first-order valence-electron chi connectivity index (χ1n) is 7.71. The molecule has 0 bridgehead atoms. The Morgan fingerprint density at radius 3 is 3.00 bits per heavy atom. The fraction of sp³-hybridized carbons (Fsp3) is 0.625. The quantitative estimate of drug-likeness (QED) is 0.814. The van der Waals surface area contributed by atoms with E-state index in [2.05, 4.69) is 17.4 Å². The van der Waals surface area contributed by atoms with Crippen LogP contribution in [0.25, 0.3) is 0 Å². The highest BCUT2D eigenvalue weighted by Gasteiger charge is 2.48. The van der Waals surface area contributed by atoms with Crippen molar-refractivity contribution in [2.75, 3.05) is 13.3 Å². The number of hydrogen-bond donors (Lipinski definition) is 2. The van der Waals surface area contributed by atoms with E-state index >= 15 is 0 Å². The minimum atomic E-state index is -0.450. The number of rotatable bonds is 1. The molecule has 4 rings (SSSR count). The van der Waals surface area contributed by atoms with E-state index < -0.39 is 5.60 Å². The number of piperidine rings is 1. The average molecular weight is 276 g/mol. The van der Waals surface area contributed by atoms with Gasteiger partial charge in [-0.15, -0.1) is 0 Å². The first-order valence-corrected chi connectivity index (χ1v) is 7.71. The third kappa shape index (κ3) is 1.90. The van der Waals surface area contributed by atoms with Crippen LogP contribution in [-0.4, -0.2) is 24.0 Å². The molecule has 1 saturated heterocycles. The first-order chi connectivity index (χ1) is 9.76. The second-order valence-corrected chi connectivity index (χ2v) is 6.37. The number of benzene rings is 1. The maximum absolute atomic E-state index is 10.9. The summed E-state index contributed by atoms with van der Waals surface area (Å²) in [5, 5.41) is 13.3. The lowest BCUT2D eigenvalue weighted by Gasteiger charge is -2.46. The van der Waals surface area contributed by atoms with Gasteiger partial charge >= 0.3 is 0 Å². The monoisotopic (exact) mass is 276 g/mol. The van der Waals surface area contributed by atoms with Gasteiger partial charge in [-0.05, 0) is 31.0 Å². The highest BCUT2D eigenvalue weighted by molar-refractivity contribution is 5.45. The molecule has 3 aliphatic rings. The minimum Gasteiger partial charge on any atom is -0.454 e. The van der Waals surface area contributed by atoms with Gasteiger partial charge in [0.05, 0.1) is 12.1 Å². The van der Waals surface area contributed by atoms with Crippen LogP contribution in [-0.2, 0) is 0 Å². The van der Waals surface area contributed by atoms with E-state index in [4.69, 9.17) is 9.47 Å². The molecule has 1 aromatic carbocycles. The lowest BCUT2D eigenvalue weighted by Crippen LogP contribution is -2.91. The van der Waals surface area contributed by atoms with Crippen molar-refractivity contribution in [3.63, 3.8) is 0 Å². The largest absolute Gasteiger partial charge is 0.454 e. The molecule has 3 atom stereocenters. The number of nitrogens with two attached hydrogens (primary N) is 1. The molecule has 1 aromatic rings. The van der Waals surface area contributed by atoms with Crippen molar-refractivity contribution in [1.82, 2.24) is 0 Å². The number of fused-ring (bicyclic) bond motifs is 2. The van der Waals surface area contributed by atoms with Gasteiger partial charge in [0.2, 0.25) is 6.79 Å². The molecule has 2 heterocycles. The summed E-state index contributed by atoms with van der Waals surface area (Å²) < 4.78 is 10.9. The molecule has 0 amide bonds. The van der Waals surface area contributed by atoms with Crippen molar-refractivity contribution in [3.05, 3.63) is 23.8 Å². The molecule has 2 fully saturated rings. The summed E-state index contributed by atoms with van der Waals surface area (Å²) in [6.07, 6.45) is 5.43. The highest BCUT2D eigenvalue weighted by atomic mass is 16.7. The van der Waals surface area contributed by atoms with E-state index in [1.54, 1.807) is 0 Å². The van der Waals surface area contributed by atoms with Crippen molar-refractivity contribution in [3.8, 4) is 11.5 Å². The van der Waals surface area contributed by atoms with Crippen molar-refractivity contribution in [1.29, 1.82) is 0 Å². The minimum absolute atomic E-state index is 0.320. The zero-order valence-electron chi connectivity index (χ0n) is 11.7. The molecule has 0 aromatic heterocycles. The zero-order valence-corrected chi connectivity index (χ0v) is 11.7. The van der Waals surface area contributed by atoms with Crippen molar-refractivity contribution in [2.24, 2.45) is 5.92 Å². The summed E-state index contributed by atoms with van der Waals surface area (Å²) in [6, 6.07) is 6.59. The van der Waals surface area contributed by atoms with Gasteiger partial charge in [0.25, 0.3) is 0 Å². The topological polar surface area (TPSA) is 55.3 Å². The number of aliphatic hydroxyl groups is 1. The molecule has 4 heteroatoms. The van der Waals surface area contributed by atoms with Crippen LogP contribution in [0, 0.1) is 5.92 Å². The van der Waals surface area contributed by atoms with E-state index in [1.807, 2.05) is 6.07 Å². The van der Waals surface area contributed by atoms with E-state index in [0.717, 1.165) is 37.3 Å². The average Bonchev–Trinajstić information content (AvgIpc) is 2.93. The van der Waals surface area contributed by atoms with Gasteiger partial charge in [0.15, 0.2) is 11.5 Å². The lowest BCUT2D eigenvalue weighted by molar-refractivity contribution is -0.719. The van der Waals surface area contributed by atoms with Crippen LogP contribution < -0.4 is 14.8 Å². The Morgan fingerprint density at radius 2 is 2.05 bits per heavy atom. The molecule has 1 saturated carbocycles. The van der Waals surface area contributed by atoms with E-state index in [9.17, 15) is 5.11 Å². The summed E-state index contributed by atoms with van der Waals surface area (Å²) in [7, 11) is 0. The van der Waals surface area contributed by atoms with Crippen LogP contribution in [0.4, 0.5) is 0 Å². The van der Waals surface area contributed by atoms with Gasteiger partial charge in [-0.3, -0.25) is 0 Å². The summed E-state index contributed by atoms with van der Waals surface area (Å²) in [5.41, 5.74) is 0.813. The Balaban J connectivity index is 1.66. The third-order valence-electron chi connectivity index (χ3n) is 5.28. The second kappa shape index (κ2) is 4.64. The summed E-state index contributed by atoms with van der Waals surface area (Å²) >= 11 is 0. The molecule has 0 radical (unpaired) electrons.